The SMILES string of the molecule is c1ccc([Si](c2ccccc2)(C2CCCC2)C2c3ccccc3-c3ccccc32)cc1. The van der Waals surface area contributed by atoms with E-state index in [-0.39, 0.29) is 0 Å². The van der Waals surface area contributed by atoms with Crippen LogP contribution in [-0.4, -0.2) is 8.07 Å². The molecule has 0 aromatic heterocycles. The molecule has 0 nitrogen and oxygen atoms in total. The van der Waals surface area contributed by atoms with Crippen molar-refractivity contribution in [3.63, 3.8) is 0 Å². The van der Waals surface area contributed by atoms with Gasteiger partial charge in [0, 0.05) is 5.54 Å². The fraction of sp³-hybridized carbons (Fsp3) is 0.200. The van der Waals surface area contributed by atoms with Crippen molar-refractivity contribution >= 4 is 18.4 Å². The third-order valence-corrected chi connectivity index (χ3v) is 13.8. The van der Waals surface area contributed by atoms with Crippen LogP contribution in [0.5, 0.6) is 0 Å². The normalized spacial score (nSPS) is 16.3. The second kappa shape index (κ2) is 7.66. The van der Waals surface area contributed by atoms with E-state index in [4.69, 9.17) is 0 Å². The van der Waals surface area contributed by atoms with E-state index in [9.17, 15) is 0 Å². The van der Waals surface area contributed by atoms with Gasteiger partial charge in [-0.25, -0.2) is 0 Å². The third kappa shape index (κ3) is 2.80. The second-order valence-corrected chi connectivity index (χ2v) is 13.5. The Morgan fingerprint density at radius 2 is 0.903 bits per heavy atom. The van der Waals surface area contributed by atoms with Crippen molar-refractivity contribution in [1.82, 2.24) is 0 Å². The molecule has 2 aliphatic carbocycles. The highest BCUT2D eigenvalue weighted by Crippen LogP contribution is 2.54. The standard InChI is InChI=1S/C30H28Si/c1-3-13-23(14-4-1)31(25-17-7-8-18-25,24-15-5-2-6-16-24)30-28-21-11-9-19-26(28)27-20-10-12-22-29(27)30/h1-6,9-16,19-22,25,30H,7-8,17-18H2. The van der Waals surface area contributed by atoms with Crippen LogP contribution in [0.2, 0.25) is 5.54 Å². The van der Waals surface area contributed by atoms with Crippen LogP contribution in [-0.2, 0) is 0 Å². The van der Waals surface area contributed by atoms with E-state index >= 15 is 0 Å². The van der Waals surface area contributed by atoms with Crippen molar-refractivity contribution < 1.29 is 0 Å². The largest absolute Gasteiger partial charge is 0.132 e. The van der Waals surface area contributed by atoms with Crippen LogP contribution in [0.25, 0.3) is 11.1 Å². The summed E-state index contributed by atoms with van der Waals surface area (Å²) in [6, 6.07) is 41.7. The molecule has 0 spiro atoms. The number of rotatable bonds is 4. The van der Waals surface area contributed by atoms with Gasteiger partial charge in [0.05, 0.1) is 0 Å². The Morgan fingerprint density at radius 1 is 0.484 bits per heavy atom. The zero-order valence-electron chi connectivity index (χ0n) is 17.9. The fourth-order valence-electron chi connectivity index (χ4n) is 6.66. The lowest BCUT2D eigenvalue weighted by Gasteiger charge is -2.44. The van der Waals surface area contributed by atoms with Crippen LogP contribution in [0, 0.1) is 0 Å². The molecule has 0 atom stereocenters. The summed E-state index contributed by atoms with van der Waals surface area (Å²) in [5.41, 5.74) is 7.23. The molecule has 0 amide bonds. The van der Waals surface area contributed by atoms with E-state index in [0.717, 1.165) is 5.54 Å². The van der Waals surface area contributed by atoms with Crippen molar-refractivity contribution in [2.45, 2.75) is 36.8 Å². The van der Waals surface area contributed by atoms with Gasteiger partial charge in [-0.15, -0.1) is 0 Å². The Bertz CT molecular complexity index is 1100. The average Bonchev–Trinajstić information content (AvgIpc) is 3.49. The first kappa shape index (κ1) is 18.8. The summed E-state index contributed by atoms with van der Waals surface area (Å²) in [4.78, 5) is 0. The Kier molecular flexibility index (Phi) is 4.65. The van der Waals surface area contributed by atoms with Crippen LogP contribution in [0.4, 0.5) is 0 Å². The molecule has 1 fully saturated rings. The quantitative estimate of drug-likeness (QED) is 0.331. The summed E-state index contributed by atoms with van der Waals surface area (Å²) >= 11 is 0. The molecule has 0 heterocycles. The van der Waals surface area contributed by atoms with E-state index < -0.39 is 8.07 Å². The minimum absolute atomic E-state index is 0.466. The molecule has 31 heavy (non-hydrogen) atoms. The van der Waals surface area contributed by atoms with Gasteiger partial charge in [-0.2, -0.15) is 0 Å². The van der Waals surface area contributed by atoms with E-state index in [2.05, 4.69) is 109 Å². The first-order valence-electron chi connectivity index (χ1n) is 11.7. The highest BCUT2D eigenvalue weighted by Gasteiger charge is 2.54. The average molecular weight is 417 g/mol. The molecule has 0 radical (unpaired) electrons. The molecule has 2 aliphatic rings. The molecule has 1 saturated carbocycles. The number of fused-ring (bicyclic) bond motifs is 3. The summed E-state index contributed by atoms with van der Waals surface area (Å²) < 4.78 is 0. The zero-order valence-corrected chi connectivity index (χ0v) is 18.9. The van der Waals surface area contributed by atoms with Crippen molar-refractivity contribution in [3.05, 3.63) is 120 Å². The van der Waals surface area contributed by atoms with E-state index in [1.165, 1.54) is 36.8 Å². The maximum absolute atomic E-state index is 2.45. The van der Waals surface area contributed by atoms with Gasteiger partial charge >= 0.3 is 0 Å². The monoisotopic (exact) mass is 416 g/mol. The topological polar surface area (TPSA) is 0 Å². The van der Waals surface area contributed by atoms with Crippen molar-refractivity contribution in [3.8, 4) is 11.1 Å². The van der Waals surface area contributed by atoms with Crippen LogP contribution in [0.1, 0.15) is 42.4 Å². The minimum Gasteiger partial charge on any atom is -0.0625 e. The Hall–Kier alpha value is -2.90. The van der Waals surface area contributed by atoms with Gasteiger partial charge in [0.1, 0.15) is 8.07 Å². The maximum Gasteiger partial charge on any atom is 0.132 e. The molecular weight excluding hydrogens is 388 g/mol. The van der Waals surface area contributed by atoms with Gasteiger partial charge in [-0.1, -0.05) is 145 Å². The predicted molar refractivity (Wildman–Crippen MR) is 134 cm³/mol. The summed E-state index contributed by atoms with van der Waals surface area (Å²) in [7, 11) is -2.18. The second-order valence-electron chi connectivity index (χ2n) is 9.19. The summed E-state index contributed by atoms with van der Waals surface area (Å²) in [5, 5.41) is 3.20. The Labute approximate surface area is 186 Å². The van der Waals surface area contributed by atoms with Gasteiger partial charge in [-0.05, 0) is 27.8 Å². The van der Waals surface area contributed by atoms with Crippen LogP contribution < -0.4 is 10.4 Å². The van der Waals surface area contributed by atoms with E-state index in [0.29, 0.717) is 5.54 Å². The lowest BCUT2D eigenvalue weighted by molar-refractivity contribution is 0.826. The molecule has 1 heteroatoms. The van der Waals surface area contributed by atoms with E-state index in [1.54, 1.807) is 21.5 Å². The molecule has 0 bridgehead atoms. The van der Waals surface area contributed by atoms with Crippen LogP contribution >= 0.6 is 0 Å². The molecule has 4 aromatic rings. The molecule has 0 aliphatic heterocycles. The summed E-state index contributed by atoms with van der Waals surface area (Å²) in [6.07, 6.45) is 5.46. The lowest BCUT2D eigenvalue weighted by Crippen LogP contribution is -2.65. The van der Waals surface area contributed by atoms with Crippen LogP contribution in [0.15, 0.2) is 109 Å². The van der Waals surface area contributed by atoms with Gasteiger partial charge in [0.2, 0.25) is 0 Å². The molecule has 6 rings (SSSR count). The van der Waals surface area contributed by atoms with Gasteiger partial charge in [0.15, 0.2) is 0 Å². The molecule has 0 saturated heterocycles. The molecule has 4 aromatic carbocycles. The molecular formula is C30H28Si. The minimum atomic E-state index is -2.18. The molecule has 0 unspecified atom stereocenters. The van der Waals surface area contributed by atoms with Gasteiger partial charge in [0.25, 0.3) is 0 Å². The Morgan fingerprint density at radius 3 is 1.39 bits per heavy atom. The maximum atomic E-state index is 2.45. The summed E-state index contributed by atoms with van der Waals surface area (Å²) in [5.74, 6) is 0. The fourth-order valence-corrected chi connectivity index (χ4v) is 13.4. The molecule has 0 N–H and O–H groups in total. The van der Waals surface area contributed by atoms with E-state index in [1.807, 2.05) is 0 Å². The highest BCUT2D eigenvalue weighted by atomic mass is 28.3. The van der Waals surface area contributed by atoms with Gasteiger partial charge in [-0.3, -0.25) is 0 Å². The summed E-state index contributed by atoms with van der Waals surface area (Å²) in [6.45, 7) is 0. The number of hydrogen-bond acceptors (Lipinski definition) is 0. The van der Waals surface area contributed by atoms with Crippen molar-refractivity contribution in [2.75, 3.05) is 0 Å². The molecule has 152 valence electrons. The van der Waals surface area contributed by atoms with Gasteiger partial charge < -0.3 is 0 Å². The Balaban J connectivity index is 1.73. The smallest absolute Gasteiger partial charge is 0.0625 e. The van der Waals surface area contributed by atoms with Crippen molar-refractivity contribution in [1.29, 1.82) is 0 Å². The zero-order chi connectivity index (χ0) is 20.7. The number of benzene rings is 4. The number of hydrogen-bond donors (Lipinski definition) is 0. The third-order valence-electron chi connectivity index (χ3n) is 7.79. The highest BCUT2D eigenvalue weighted by molar-refractivity contribution is 7.04. The predicted octanol–water partition coefficient (Wildman–Crippen LogP) is 6.55. The van der Waals surface area contributed by atoms with Crippen molar-refractivity contribution in [2.24, 2.45) is 0 Å². The van der Waals surface area contributed by atoms with Crippen LogP contribution in [0.3, 0.4) is 0 Å². The lowest BCUT2D eigenvalue weighted by atomic mass is 10.1. The first-order chi connectivity index (χ1) is 15.4. The first-order valence-corrected chi connectivity index (χ1v) is 13.9.